The number of hydrogen-bond donors (Lipinski definition) is 1. The molecule has 27 heavy (non-hydrogen) atoms. The Morgan fingerprint density at radius 3 is 2.52 bits per heavy atom. The van der Waals surface area contributed by atoms with Crippen LogP contribution in [0.5, 0.6) is 0 Å². The molecule has 1 fully saturated rings. The highest BCUT2D eigenvalue weighted by Crippen LogP contribution is 2.34. The second kappa shape index (κ2) is 7.34. The predicted molar refractivity (Wildman–Crippen MR) is 99.6 cm³/mol. The number of aromatic nitrogens is 2. The largest absolute Gasteiger partial charge is 0.481 e. The van der Waals surface area contributed by atoms with Crippen molar-refractivity contribution in [1.82, 2.24) is 14.5 Å². The number of likely N-dealkylation sites (tertiary alicyclic amines) is 1. The third-order valence-corrected chi connectivity index (χ3v) is 5.22. The molecule has 2 aromatic rings. The SMILES string of the molecule is Cc1cc(C)n(CC(=O)N2C[C@H](C(=O)O)[C@@H](c3ccccc3C)C2)c(=O)n1. The van der Waals surface area contributed by atoms with Gasteiger partial charge >= 0.3 is 11.7 Å². The topological polar surface area (TPSA) is 92.5 Å². The lowest BCUT2D eigenvalue weighted by Gasteiger charge is -2.19. The van der Waals surface area contributed by atoms with Crippen LogP contribution in [0.25, 0.3) is 0 Å². The zero-order valence-electron chi connectivity index (χ0n) is 15.7. The molecule has 1 aromatic carbocycles. The number of hydrogen-bond acceptors (Lipinski definition) is 4. The van der Waals surface area contributed by atoms with Crippen LogP contribution in [0.4, 0.5) is 0 Å². The average molecular weight is 369 g/mol. The quantitative estimate of drug-likeness (QED) is 0.882. The first-order chi connectivity index (χ1) is 12.8. The molecule has 2 heterocycles. The number of carbonyl (C=O) groups is 2. The number of carboxylic acid groups (broad SMARTS) is 1. The maximum atomic E-state index is 12.8. The fourth-order valence-electron chi connectivity index (χ4n) is 3.78. The lowest BCUT2D eigenvalue weighted by atomic mass is 9.86. The van der Waals surface area contributed by atoms with Crippen molar-refractivity contribution in [2.75, 3.05) is 13.1 Å². The molecular weight excluding hydrogens is 346 g/mol. The van der Waals surface area contributed by atoms with Crippen molar-refractivity contribution in [3.05, 3.63) is 63.3 Å². The van der Waals surface area contributed by atoms with Gasteiger partial charge in [0.2, 0.25) is 5.91 Å². The van der Waals surface area contributed by atoms with Gasteiger partial charge in [0.25, 0.3) is 0 Å². The monoisotopic (exact) mass is 369 g/mol. The van der Waals surface area contributed by atoms with E-state index < -0.39 is 17.6 Å². The van der Waals surface area contributed by atoms with Gasteiger partial charge in [0.05, 0.1) is 5.92 Å². The molecule has 1 aromatic heterocycles. The van der Waals surface area contributed by atoms with E-state index in [1.54, 1.807) is 24.8 Å². The number of carbonyl (C=O) groups excluding carboxylic acids is 1. The Bertz CT molecular complexity index is 950. The van der Waals surface area contributed by atoms with Crippen molar-refractivity contribution >= 4 is 11.9 Å². The van der Waals surface area contributed by atoms with Crippen LogP contribution in [0.3, 0.4) is 0 Å². The third-order valence-electron chi connectivity index (χ3n) is 5.22. The summed E-state index contributed by atoms with van der Waals surface area (Å²) in [5.41, 5.74) is 2.76. The standard InChI is InChI=1S/C20H23N3O4/c1-12-6-4-5-7-15(12)16-9-22(10-17(16)19(25)26)18(24)11-23-14(3)8-13(2)21-20(23)27/h4-8,16-17H,9-11H2,1-3H3,(H,25,26)/t16-,17+/m1/s1. The summed E-state index contributed by atoms with van der Waals surface area (Å²) in [5.74, 6) is -2.11. The van der Waals surface area contributed by atoms with E-state index in [9.17, 15) is 19.5 Å². The molecule has 1 aliphatic rings. The number of nitrogens with zero attached hydrogens (tertiary/aromatic N) is 3. The van der Waals surface area contributed by atoms with Gasteiger partial charge in [-0.3, -0.25) is 14.2 Å². The summed E-state index contributed by atoms with van der Waals surface area (Å²) in [6, 6.07) is 9.40. The van der Waals surface area contributed by atoms with Gasteiger partial charge in [-0.2, -0.15) is 4.98 Å². The van der Waals surface area contributed by atoms with E-state index in [0.29, 0.717) is 17.9 Å². The van der Waals surface area contributed by atoms with Crippen LogP contribution in [0.15, 0.2) is 35.1 Å². The molecule has 1 N–H and O–H groups in total. The molecule has 0 bridgehead atoms. The van der Waals surface area contributed by atoms with Gasteiger partial charge in [-0.15, -0.1) is 0 Å². The normalized spacial score (nSPS) is 19.3. The number of rotatable bonds is 4. The fraction of sp³-hybridized carbons (Fsp3) is 0.400. The fourth-order valence-corrected chi connectivity index (χ4v) is 3.78. The molecule has 0 unspecified atom stereocenters. The van der Waals surface area contributed by atoms with Gasteiger partial charge in [-0.25, -0.2) is 4.79 Å². The summed E-state index contributed by atoms with van der Waals surface area (Å²) in [6.07, 6.45) is 0. The molecule has 2 atom stereocenters. The van der Waals surface area contributed by atoms with Gasteiger partial charge in [0, 0.05) is 30.4 Å². The zero-order valence-corrected chi connectivity index (χ0v) is 15.7. The molecule has 142 valence electrons. The molecule has 7 heteroatoms. The third kappa shape index (κ3) is 3.77. The Hall–Kier alpha value is -2.96. The van der Waals surface area contributed by atoms with E-state index in [-0.39, 0.29) is 24.9 Å². The van der Waals surface area contributed by atoms with Crippen LogP contribution in [0.1, 0.15) is 28.4 Å². The van der Waals surface area contributed by atoms with Crippen LogP contribution in [0.2, 0.25) is 0 Å². The first-order valence-electron chi connectivity index (χ1n) is 8.89. The maximum absolute atomic E-state index is 12.8. The highest BCUT2D eigenvalue weighted by Gasteiger charge is 2.40. The molecule has 0 aliphatic carbocycles. The number of carboxylic acids is 1. The second-order valence-electron chi connectivity index (χ2n) is 7.11. The number of benzene rings is 1. The summed E-state index contributed by atoms with van der Waals surface area (Å²) in [5, 5.41) is 9.64. The van der Waals surface area contributed by atoms with Gasteiger partial charge < -0.3 is 10.0 Å². The minimum atomic E-state index is -0.913. The molecule has 7 nitrogen and oxygen atoms in total. The molecule has 1 amide bonds. The molecule has 0 saturated carbocycles. The van der Waals surface area contributed by atoms with Gasteiger partial charge in [0.1, 0.15) is 6.54 Å². The molecule has 1 saturated heterocycles. The second-order valence-corrected chi connectivity index (χ2v) is 7.11. The van der Waals surface area contributed by atoms with Crippen LogP contribution < -0.4 is 5.69 Å². The minimum Gasteiger partial charge on any atom is -0.481 e. The van der Waals surface area contributed by atoms with Gasteiger partial charge in [-0.05, 0) is 38.0 Å². The van der Waals surface area contributed by atoms with E-state index >= 15 is 0 Å². The van der Waals surface area contributed by atoms with Crippen LogP contribution in [0, 0.1) is 26.7 Å². The number of aryl methyl sites for hydroxylation is 3. The van der Waals surface area contributed by atoms with Gasteiger partial charge in [-0.1, -0.05) is 24.3 Å². The Labute approximate surface area is 157 Å². The van der Waals surface area contributed by atoms with E-state index in [1.807, 2.05) is 31.2 Å². The lowest BCUT2D eigenvalue weighted by Crippen LogP contribution is -2.37. The summed E-state index contributed by atoms with van der Waals surface area (Å²) in [4.78, 5) is 42.1. The van der Waals surface area contributed by atoms with Crippen LogP contribution in [-0.2, 0) is 16.1 Å². The van der Waals surface area contributed by atoms with Crippen molar-refractivity contribution in [3.63, 3.8) is 0 Å². The van der Waals surface area contributed by atoms with Crippen molar-refractivity contribution in [3.8, 4) is 0 Å². The highest BCUT2D eigenvalue weighted by molar-refractivity contribution is 5.79. The van der Waals surface area contributed by atoms with E-state index in [0.717, 1.165) is 11.1 Å². The summed E-state index contributed by atoms with van der Waals surface area (Å²) in [6.45, 7) is 5.76. The zero-order chi connectivity index (χ0) is 19.7. The molecule has 3 rings (SSSR count). The van der Waals surface area contributed by atoms with Crippen LogP contribution in [-0.4, -0.2) is 44.5 Å². The Morgan fingerprint density at radius 2 is 1.89 bits per heavy atom. The summed E-state index contributed by atoms with van der Waals surface area (Å²) < 4.78 is 1.33. The smallest absolute Gasteiger partial charge is 0.348 e. The van der Waals surface area contributed by atoms with Crippen molar-refractivity contribution < 1.29 is 14.7 Å². The van der Waals surface area contributed by atoms with Crippen molar-refractivity contribution in [1.29, 1.82) is 0 Å². The van der Waals surface area contributed by atoms with Gasteiger partial charge in [0.15, 0.2) is 0 Å². The lowest BCUT2D eigenvalue weighted by molar-refractivity contribution is -0.141. The molecule has 1 aliphatic heterocycles. The minimum absolute atomic E-state index is 0.134. The number of aliphatic carboxylic acids is 1. The van der Waals surface area contributed by atoms with E-state index in [2.05, 4.69) is 4.98 Å². The predicted octanol–water partition coefficient (Wildman–Crippen LogP) is 1.50. The summed E-state index contributed by atoms with van der Waals surface area (Å²) >= 11 is 0. The van der Waals surface area contributed by atoms with E-state index in [4.69, 9.17) is 0 Å². The average Bonchev–Trinajstić information content (AvgIpc) is 3.04. The van der Waals surface area contributed by atoms with Crippen molar-refractivity contribution in [2.45, 2.75) is 33.2 Å². The highest BCUT2D eigenvalue weighted by atomic mass is 16.4. The van der Waals surface area contributed by atoms with E-state index in [1.165, 1.54) is 4.57 Å². The van der Waals surface area contributed by atoms with Crippen molar-refractivity contribution in [2.24, 2.45) is 5.92 Å². The molecular formula is C20H23N3O4. The van der Waals surface area contributed by atoms with Crippen LogP contribution >= 0.6 is 0 Å². The summed E-state index contributed by atoms with van der Waals surface area (Å²) in [7, 11) is 0. The first kappa shape index (κ1) is 18.8. The Kier molecular flexibility index (Phi) is 5.12. The Balaban J connectivity index is 1.84. The number of amides is 1. The molecule has 0 spiro atoms. The Morgan fingerprint density at radius 1 is 1.19 bits per heavy atom. The maximum Gasteiger partial charge on any atom is 0.348 e. The first-order valence-corrected chi connectivity index (χ1v) is 8.89. The molecule has 0 radical (unpaired) electrons.